The Labute approximate surface area is 213 Å². The van der Waals surface area contributed by atoms with Crippen LogP contribution >= 0.6 is 23.2 Å². The fourth-order valence-electron chi connectivity index (χ4n) is 2.04. The van der Waals surface area contributed by atoms with E-state index in [0.717, 1.165) is 11.4 Å². The average molecular weight is 523 g/mol. The number of hydrogen-bond donors (Lipinski definition) is 4. The highest BCUT2D eigenvalue weighted by Gasteiger charge is 2.09. The van der Waals surface area contributed by atoms with Crippen LogP contribution in [0.1, 0.15) is 20.8 Å². The molecule has 0 aliphatic rings. The minimum absolute atomic E-state index is 0.0557. The van der Waals surface area contributed by atoms with Crippen LogP contribution < -0.4 is 10.6 Å². The molecule has 186 valence electrons. The second kappa shape index (κ2) is 19.7. The Morgan fingerprint density at radius 2 is 1.26 bits per heavy atom. The predicted octanol–water partition coefficient (Wildman–Crippen LogP) is 4.59. The number of aliphatic hydroxyl groups excluding tert-OH is 2. The fraction of sp³-hybridized carbons (Fsp3) is 0.304. The lowest BCUT2D eigenvalue weighted by Gasteiger charge is -2.18. The molecule has 0 aromatic heterocycles. The highest BCUT2D eigenvalue weighted by atomic mass is 35.5. The summed E-state index contributed by atoms with van der Waals surface area (Å²) < 4.78 is 0. The Bertz CT molecular complexity index is 1060. The normalized spacial score (nSPS) is 11.2. The molecule has 2 rings (SSSR count). The van der Waals surface area contributed by atoms with Crippen LogP contribution in [0, 0.1) is 13.1 Å². The zero-order chi connectivity index (χ0) is 27.4. The lowest BCUT2D eigenvalue weighted by molar-refractivity contribution is -0.193. The van der Waals surface area contributed by atoms with Crippen LogP contribution in [0.3, 0.4) is 0 Å². The zero-order valence-electron chi connectivity index (χ0n) is 19.1. The van der Waals surface area contributed by atoms with Gasteiger partial charge in [-0.25, -0.2) is 9.69 Å². The van der Waals surface area contributed by atoms with Gasteiger partial charge in [-0.1, -0.05) is 35.3 Å². The smallest absolute Gasteiger partial charge is 0.373 e. The van der Waals surface area contributed by atoms with Crippen molar-refractivity contribution in [3.63, 3.8) is 0 Å². The Kier molecular flexibility index (Phi) is 18.9. The summed E-state index contributed by atoms with van der Waals surface area (Å²) in [7, 11) is 0. The van der Waals surface area contributed by atoms with Crippen molar-refractivity contribution >= 4 is 58.3 Å². The van der Waals surface area contributed by atoms with E-state index < -0.39 is 12.2 Å². The van der Waals surface area contributed by atoms with Crippen LogP contribution in [0.25, 0.3) is 9.69 Å². The molecular formula is C23H24Cl2N4O6. The quantitative estimate of drug-likeness (QED) is 0.403. The number of aliphatic hydroxyl groups is 2. The molecule has 10 nitrogen and oxygen atoms in total. The summed E-state index contributed by atoms with van der Waals surface area (Å²) in [5.41, 5.74) is 2.49. The Morgan fingerprint density at radius 1 is 0.857 bits per heavy atom. The molecule has 0 spiro atoms. The zero-order valence-corrected chi connectivity index (χ0v) is 20.6. The summed E-state index contributed by atoms with van der Waals surface area (Å²) in [4.78, 5) is 39.0. The van der Waals surface area contributed by atoms with Crippen molar-refractivity contribution in [1.29, 1.82) is 0 Å². The average Bonchev–Trinajstić information content (AvgIpc) is 2.79. The van der Waals surface area contributed by atoms with E-state index in [2.05, 4.69) is 20.3 Å². The molecule has 0 heterocycles. The summed E-state index contributed by atoms with van der Waals surface area (Å²) in [6.07, 6.45) is -0.348. The van der Waals surface area contributed by atoms with Crippen molar-refractivity contribution in [2.24, 2.45) is 0 Å². The maximum absolute atomic E-state index is 9.31. The number of carbonyl (C=O) groups excluding carboxylic acids is 4. The van der Waals surface area contributed by atoms with E-state index in [1.54, 1.807) is 50.2 Å². The Balaban J connectivity index is 0. The molecule has 2 aromatic carbocycles. The van der Waals surface area contributed by atoms with Gasteiger partial charge in [0, 0.05) is 34.0 Å². The number of anilines is 2. The minimum atomic E-state index is -0.440. The molecule has 3 atom stereocenters. The van der Waals surface area contributed by atoms with Crippen LogP contribution in [-0.2, 0) is 19.2 Å². The van der Waals surface area contributed by atoms with Crippen molar-refractivity contribution in [1.82, 2.24) is 0 Å². The lowest BCUT2D eigenvalue weighted by Crippen LogP contribution is -2.27. The molecule has 4 N–H and O–H groups in total. The molecule has 35 heavy (non-hydrogen) atoms. The largest absolute Gasteiger partial charge is 0.392 e. The van der Waals surface area contributed by atoms with E-state index in [1.807, 2.05) is 6.92 Å². The van der Waals surface area contributed by atoms with E-state index in [1.165, 1.54) is 0 Å². The minimum Gasteiger partial charge on any atom is -0.392 e. The van der Waals surface area contributed by atoms with Gasteiger partial charge in [0.15, 0.2) is 0 Å². The standard InChI is InChI=1S/C11H13ClN2O.C10H11ClN2O.2CO2/c1-7(8(2)15)14-9-4-5-11(13-3)10(12)6-9;1-7(14)6-13-8-3-4-10(12-2)9(11)5-8;2*2-1-3/h4-8,14-15H,1-2H3;3-5,7,13-14H,6H2,1H3;;/t7-,8-;7-;;/m00../s1. The monoisotopic (exact) mass is 522 g/mol. The summed E-state index contributed by atoms with van der Waals surface area (Å²) in [5.74, 6) is 0. The third-order valence-corrected chi connectivity index (χ3v) is 4.46. The van der Waals surface area contributed by atoms with E-state index in [9.17, 15) is 5.11 Å². The van der Waals surface area contributed by atoms with Crippen molar-refractivity contribution in [3.8, 4) is 0 Å². The first kappa shape index (κ1) is 33.5. The lowest BCUT2D eigenvalue weighted by atomic mass is 10.2. The Hall–Kier alpha value is -3.72. The first-order chi connectivity index (χ1) is 16.5. The summed E-state index contributed by atoms with van der Waals surface area (Å²) in [6, 6.07) is 10.2. The van der Waals surface area contributed by atoms with Crippen LogP contribution in [0.15, 0.2) is 36.4 Å². The van der Waals surface area contributed by atoms with Gasteiger partial charge in [0.1, 0.15) is 0 Å². The maximum Gasteiger partial charge on any atom is 0.373 e. The van der Waals surface area contributed by atoms with Gasteiger partial charge in [-0.15, -0.1) is 0 Å². The van der Waals surface area contributed by atoms with Gasteiger partial charge < -0.3 is 20.8 Å². The van der Waals surface area contributed by atoms with Gasteiger partial charge in [-0.2, -0.15) is 19.2 Å². The van der Waals surface area contributed by atoms with Gasteiger partial charge in [0.25, 0.3) is 0 Å². The number of hydrogen-bond acceptors (Lipinski definition) is 8. The second-order valence-electron chi connectivity index (χ2n) is 6.63. The van der Waals surface area contributed by atoms with Crippen LogP contribution in [0.5, 0.6) is 0 Å². The third-order valence-electron chi connectivity index (χ3n) is 3.86. The Morgan fingerprint density at radius 3 is 1.60 bits per heavy atom. The molecule has 0 saturated carbocycles. The van der Waals surface area contributed by atoms with Crippen LogP contribution in [-0.4, -0.2) is 47.3 Å². The number of nitrogens with one attached hydrogen (secondary N) is 2. The number of rotatable bonds is 6. The maximum atomic E-state index is 9.31. The van der Waals surface area contributed by atoms with Crippen LogP contribution in [0.4, 0.5) is 22.7 Å². The second-order valence-corrected chi connectivity index (χ2v) is 7.44. The highest BCUT2D eigenvalue weighted by Crippen LogP contribution is 2.28. The topological polar surface area (TPSA) is 142 Å². The van der Waals surface area contributed by atoms with Crippen molar-refractivity contribution < 1.29 is 29.4 Å². The molecule has 0 radical (unpaired) electrons. The van der Waals surface area contributed by atoms with Crippen molar-refractivity contribution in [3.05, 3.63) is 69.3 Å². The van der Waals surface area contributed by atoms with Gasteiger partial charge in [-0.05, 0) is 45.0 Å². The van der Waals surface area contributed by atoms with Gasteiger partial charge in [-0.3, -0.25) is 0 Å². The van der Waals surface area contributed by atoms with E-state index in [-0.39, 0.29) is 18.3 Å². The third kappa shape index (κ3) is 15.7. The van der Waals surface area contributed by atoms with E-state index in [4.69, 9.17) is 60.6 Å². The molecule has 2 aromatic rings. The molecule has 0 saturated heterocycles. The highest BCUT2D eigenvalue weighted by molar-refractivity contribution is 6.34. The van der Waals surface area contributed by atoms with E-state index in [0.29, 0.717) is 28.0 Å². The first-order valence-corrected chi connectivity index (χ1v) is 10.5. The molecule has 0 bridgehead atoms. The number of nitrogens with zero attached hydrogens (tertiary/aromatic N) is 2. The molecular weight excluding hydrogens is 499 g/mol. The SMILES string of the molecule is O=C=O.O=C=O.[C-]#[N+]c1ccc(NC[C@H](C)O)cc1Cl.[C-]#[N+]c1ccc(N[C@@H](C)[C@H](C)O)cc1Cl. The van der Waals surface area contributed by atoms with Gasteiger partial charge in [0.05, 0.1) is 25.4 Å². The van der Waals surface area contributed by atoms with Crippen LogP contribution in [0.2, 0.25) is 10.0 Å². The summed E-state index contributed by atoms with van der Waals surface area (Å²) >= 11 is 11.7. The van der Waals surface area contributed by atoms with E-state index >= 15 is 0 Å². The number of halogens is 2. The molecule has 0 aliphatic carbocycles. The van der Waals surface area contributed by atoms with Gasteiger partial charge >= 0.3 is 12.3 Å². The molecule has 0 fully saturated rings. The van der Waals surface area contributed by atoms with Crippen molar-refractivity contribution in [2.75, 3.05) is 17.2 Å². The molecule has 0 aliphatic heterocycles. The number of benzene rings is 2. The van der Waals surface area contributed by atoms with Gasteiger partial charge in [0.2, 0.25) is 11.4 Å². The predicted molar refractivity (Wildman–Crippen MR) is 130 cm³/mol. The van der Waals surface area contributed by atoms with Crippen molar-refractivity contribution in [2.45, 2.75) is 39.0 Å². The summed E-state index contributed by atoms with van der Waals surface area (Å²) in [6.45, 7) is 19.4. The first-order valence-electron chi connectivity index (χ1n) is 9.70. The fourth-order valence-corrected chi connectivity index (χ4v) is 2.49. The molecule has 0 unspecified atom stereocenters. The molecule has 0 amide bonds. The summed E-state index contributed by atoms with van der Waals surface area (Å²) in [5, 5.41) is 25.3. The molecule has 12 heteroatoms.